The minimum atomic E-state index is -0.676. The molecule has 1 aromatic heterocycles. The molecule has 5 aromatic rings. The average Bonchev–Trinajstić information content (AvgIpc) is 3.30. The number of hydrogen-bond donors (Lipinski definition) is 0. The molecular formula is C34H27ClN2O4S. The first-order valence-electron chi connectivity index (χ1n) is 13.6. The summed E-state index contributed by atoms with van der Waals surface area (Å²) in [5.41, 5.74) is 3.34. The maximum Gasteiger partial charge on any atom is 0.338 e. The van der Waals surface area contributed by atoms with E-state index in [1.54, 1.807) is 30.5 Å². The molecule has 1 atom stereocenters. The van der Waals surface area contributed by atoms with Crippen molar-refractivity contribution in [3.63, 3.8) is 0 Å². The first-order chi connectivity index (χ1) is 20.4. The van der Waals surface area contributed by atoms with E-state index in [0.29, 0.717) is 32.2 Å². The van der Waals surface area contributed by atoms with E-state index >= 15 is 0 Å². The first kappa shape index (κ1) is 27.7. The summed E-state index contributed by atoms with van der Waals surface area (Å²) in [6.07, 6.45) is 1.83. The van der Waals surface area contributed by atoms with Gasteiger partial charge in [0.1, 0.15) is 12.4 Å². The van der Waals surface area contributed by atoms with Gasteiger partial charge in [-0.2, -0.15) is 0 Å². The highest BCUT2D eigenvalue weighted by Crippen LogP contribution is 2.31. The Labute approximate surface area is 251 Å². The van der Waals surface area contributed by atoms with Crippen molar-refractivity contribution < 1.29 is 14.3 Å². The second-order valence-electron chi connectivity index (χ2n) is 9.85. The molecule has 4 aromatic carbocycles. The van der Waals surface area contributed by atoms with E-state index in [2.05, 4.69) is 29.3 Å². The fourth-order valence-electron chi connectivity index (χ4n) is 5.14. The quantitative estimate of drug-likeness (QED) is 0.211. The lowest BCUT2D eigenvalue weighted by Crippen LogP contribution is -2.39. The van der Waals surface area contributed by atoms with Gasteiger partial charge in [-0.25, -0.2) is 9.79 Å². The third-order valence-electron chi connectivity index (χ3n) is 7.15. The Kier molecular flexibility index (Phi) is 7.78. The lowest BCUT2D eigenvalue weighted by atomic mass is 9.96. The molecule has 6 nitrogen and oxygen atoms in total. The van der Waals surface area contributed by atoms with Crippen LogP contribution in [0.25, 0.3) is 16.8 Å². The van der Waals surface area contributed by atoms with E-state index in [1.807, 2.05) is 60.7 Å². The summed E-state index contributed by atoms with van der Waals surface area (Å²) >= 11 is 7.42. The van der Waals surface area contributed by atoms with Crippen LogP contribution in [0.5, 0.6) is 5.75 Å². The highest BCUT2D eigenvalue weighted by Gasteiger charge is 2.33. The van der Waals surface area contributed by atoms with E-state index in [4.69, 9.17) is 21.1 Å². The number of aromatic nitrogens is 1. The number of allylic oxidation sites excluding steroid dienone is 1. The first-order valence-corrected chi connectivity index (χ1v) is 14.8. The lowest BCUT2D eigenvalue weighted by Gasteiger charge is -2.24. The predicted octanol–water partition coefficient (Wildman–Crippen LogP) is 6.18. The Morgan fingerprint density at radius 1 is 1.00 bits per heavy atom. The standard InChI is InChI=1S/C34H27ClN2O4S/c1-3-40-33(39)30-21(2)36-34-37(31(30)24-13-15-26(35)16-14-24)32(38)29(42-34)19-22-11-17-27(18-12-22)41-20-25-9-6-8-23-7-4-5-10-28(23)25/h4-19,31H,3,20H2,1-2H3. The highest BCUT2D eigenvalue weighted by molar-refractivity contribution is 7.07. The Morgan fingerprint density at radius 3 is 2.50 bits per heavy atom. The van der Waals surface area contributed by atoms with Crippen LogP contribution in [-0.4, -0.2) is 17.1 Å². The van der Waals surface area contributed by atoms with Gasteiger partial charge in [-0.3, -0.25) is 9.36 Å². The highest BCUT2D eigenvalue weighted by atomic mass is 35.5. The number of benzene rings is 4. The van der Waals surface area contributed by atoms with Crippen LogP contribution in [0.2, 0.25) is 5.02 Å². The SMILES string of the molecule is CCOC(=O)C1=C(C)N=c2sc(=Cc3ccc(OCc4cccc5ccccc45)cc3)c(=O)n2C1c1ccc(Cl)cc1. The van der Waals surface area contributed by atoms with Gasteiger partial charge in [0.15, 0.2) is 4.80 Å². The van der Waals surface area contributed by atoms with Crippen LogP contribution < -0.4 is 19.6 Å². The topological polar surface area (TPSA) is 69.9 Å². The Morgan fingerprint density at radius 2 is 1.74 bits per heavy atom. The maximum atomic E-state index is 13.8. The summed E-state index contributed by atoms with van der Waals surface area (Å²) < 4.78 is 13.5. The monoisotopic (exact) mass is 594 g/mol. The van der Waals surface area contributed by atoms with Crippen molar-refractivity contribution >= 4 is 45.8 Å². The minimum absolute atomic E-state index is 0.217. The van der Waals surface area contributed by atoms with Crippen molar-refractivity contribution in [1.82, 2.24) is 4.57 Å². The van der Waals surface area contributed by atoms with Crippen LogP contribution in [0, 0.1) is 0 Å². The van der Waals surface area contributed by atoms with Crippen molar-refractivity contribution in [2.45, 2.75) is 26.5 Å². The zero-order valence-corrected chi connectivity index (χ0v) is 24.6. The summed E-state index contributed by atoms with van der Waals surface area (Å²) in [6, 6.07) is 28.5. The molecule has 0 radical (unpaired) electrons. The molecule has 210 valence electrons. The summed E-state index contributed by atoms with van der Waals surface area (Å²) in [7, 11) is 0. The second kappa shape index (κ2) is 11.8. The van der Waals surface area contributed by atoms with E-state index in [9.17, 15) is 9.59 Å². The molecule has 6 rings (SSSR count). The van der Waals surface area contributed by atoms with Crippen molar-refractivity contribution in [1.29, 1.82) is 0 Å². The smallest absolute Gasteiger partial charge is 0.338 e. The molecule has 0 saturated heterocycles. The Hall–Kier alpha value is -4.46. The average molecular weight is 595 g/mol. The Bertz CT molecular complexity index is 2000. The fraction of sp³-hybridized carbons (Fsp3) is 0.147. The van der Waals surface area contributed by atoms with Gasteiger partial charge in [-0.15, -0.1) is 0 Å². The Balaban J connectivity index is 1.31. The molecule has 0 saturated carbocycles. The maximum absolute atomic E-state index is 13.8. The number of hydrogen-bond acceptors (Lipinski definition) is 6. The predicted molar refractivity (Wildman–Crippen MR) is 167 cm³/mol. The number of thiazole rings is 1. The van der Waals surface area contributed by atoms with Gasteiger partial charge in [0.2, 0.25) is 0 Å². The summed E-state index contributed by atoms with van der Waals surface area (Å²) in [4.78, 5) is 32.0. The molecule has 0 bridgehead atoms. The molecule has 2 heterocycles. The number of ether oxygens (including phenoxy) is 2. The van der Waals surface area contributed by atoms with E-state index in [-0.39, 0.29) is 12.2 Å². The lowest BCUT2D eigenvalue weighted by molar-refractivity contribution is -0.139. The molecule has 0 N–H and O–H groups in total. The normalized spacial score (nSPS) is 14.9. The van der Waals surface area contributed by atoms with Crippen LogP contribution in [0.4, 0.5) is 0 Å². The van der Waals surface area contributed by atoms with E-state index < -0.39 is 12.0 Å². The zero-order valence-electron chi connectivity index (χ0n) is 23.0. The zero-order chi connectivity index (χ0) is 29.2. The van der Waals surface area contributed by atoms with Crippen molar-refractivity contribution in [3.8, 4) is 5.75 Å². The van der Waals surface area contributed by atoms with Gasteiger partial charge in [-0.05, 0) is 71.7 Å². The molecule has 0 aliphatic carbocycles. The van der Waals surface area contributed by atoms with Crippen molar-refractivity contribution in [2.24, 2.45) is 4.99 Å². The second-order valence-corrected chi connectivity index (χ2v) is 11.3. The number of rotatable bonds is 7. The van der Waals surface area contributed by atoms with Crippen LogP contribution in [0.3, 0.4) is 0 Å². The molecule has 8 heteroatoms. The summed E-state index contributed by atoms with van der Waals surface area (Å²) in [5.74, 6) is 0.242. The number of carbonyl (C=O) groups excluding carboxylic acids is 1. The third-order valence-corrected chi connectivity index (χ3v) is 8.39. The van der Waals surface area contributed by atoms with Crippen molar-refractivity contribution in [2.75, 3.05) is 6.61 Å². The van der Waals surface area contributed by atoms with Gasteiger partial charge < -0.3 is 9.47 Å². The third kappa shape index (κ3) is 5.41. The summed E-state index contributed by atoms with van der Waals surface area (Å²) in [6.45, 7) is 4.19. The molecule has 0 amide bonds. The summed E-state index contributed by atoms with van der Waals surface area (Å²) in [5, 5.41) is 2.91. The molecule has 1 unspecified atom stereocenters. The van der Waals surface area contributed by atoms with Gasteiger partial charge in [0, 0.05) is 5.02 Å². The van der Waals surface area contributed by atoms with Crippen molar-refractivity contribution in [3.05, 3.63) is 144 Å². The molecule has 42 heavy (non-hydrogen) atoms. The van der Waals surface area contributed by atoms with E-state index in [0.717, 1.165) is 22.4 Å². The number of fused-ring (bicyclic) bond motifs is 2. The molecule has 0 fully saturated rings. The number of esters is 1. The van der Waals surface area contributed by atoms with Crippen LogP contribution in [-0.2, 0) is 16.1 Å². The van der Waals surface area contributed by atoms with Crippen LogP contribution >= 0.6 is 22.9 Å². The number of carbonyl (C=O) groups is 1. The molecule has 0 spiro atoms. The largest absolute Gasteiger partial charge is 0.489 e. The van der Waals surface area contributed by atoms with Gasteiger partial charge in [-0.1, -0.05) is 89.7 Å². The molecular weight excluding hydrogens is 568 g/mol. The van der Waals surface area contributed by atoms with Crippen LogP contribution in [0.1, 0.15) is 36.6 Å². The number of halogens is 1. The molecule has 1 aliphatic rings. The van der Waals surface area contributed by atoms with Gasteiger partial charge in [0.05, 0.1) is 28.5 Å². The number of nitrogens with zero attached hydrogens (tertiary/aromatic N) is 2. The van der Waals surface area contributed by atoms with Crippen LogP contribution in [0.15, 0.2) is 112 Å². The minimum Gasteiger partial charge on any atom is -0.489 e. The molecule has 1 aliphatic heterocycles. The fourth-order valence-corrected chi connectivity index (χ4v) is 6.32. The van der Waals surface area contributed by atoms with Gasteiger partial charge in [0.25, 0.3) is 5.56 Å². The van der Waals surface area contributed by atoms with Gasteiger partial charge >= 0.3 is 5.97 Å². The van der Waals surface area contributed by atoms with E-state index in [1.165, 1.54) is 22.1 Å².